The Kier molecular flexibility index (Phi) is 5.67. The van der Waals surface area contributed by atoms with Crippen LogP contribution in [-0.2, 0) is 11.3 Å². The number of phenolic OH excluding ortho intramolecular Hbond substituents is 1. The van der Waals surface area contributed by atoms with Crippen molar-refractivity contribution in [1.29, 1.82) is 0 Å². The molecule has 30 heavy (non-hydrogen) atoms. The number of fused-ring (bicyclic) bond motifs is 1. The fourth-order valence-electron chi connectivity index (χ4n) is 3.64. The van der Waals surface area contributed by atoms with Crippen molar-refractivity contribution in [2.24, 2.45) is 0 Å². The molecule has 1 aliphatic rings. The Bertz CT molecular complexity index is 1080. The van der Waals surface area contributed by atoms with Gasteiger partial charge in [0.25, 0.3) is 5.91 Å². The molecule has 0 atom stereocenters. The van der Waals surface area contributed by atoms with E-state index in [0.717, 1.165) is 18.4 Å². The van der Waals surface area contributed by atoms with Gasteiger partial charge in [0.1, 0.15) is 22.7 Å². The smallest absolute Gasteiger partial charge is 0.373 e. The van der Waals surface area contributed by atoms with Gasteiger partial charge in [-0.15, -0.1) is 0 Å². The molecule has 4 rings (SSSR count). The van der Waals surface area contributed by atoms with Crippen molar-refractivity contribution < 1.29 is 23.8 Å². The monoisotopic (exact) mass is 409 g/mol. The summed E-state index contributed by atoms with van der Waals surface area (Å²) in [6.07, 6.45) is 0.815. The van der Waals surface area contributed by atoms with Gasteiger partial charge in [0, 0.05) is 31.6 Å². The minimum Gasteiger partial charge on any atom is -0.506 e. The average molecular weight is 409 g/mol. The predicted octanol–water partition coefficient (Wildman–Crippen LogP) is 2.67. The number of pyridine rings is 1. The van der Waals surface area contributed by atoms with Gasteiger partial charge < -0.3 is 19.2 Å². The van der Waals surface area contributed by atoms with E-state index in [1.54, 1.807) is 41.3 Å². The van der Waals surface area contributed by atoms with Gasteiger partial charge in [-0.3, -0.25) is 9.69 Å². The standard InChI is InChI=1S/C22H23N3O5/c1-29-22(28)19-9-7-16(30-19)14-24-10-3-11-25(13-12-24)21(27)17-8-6-15-4-2-5-18(26)20(15)23-17/h2,4-9,26H,3,10-14H2,1H3. The molecule has 8 nitrogen and oxygen atoms in total. The number of carbonyl (C=O) groups excluding carboxylic acids is 2. The van der Waals surface area contributed by atoms with Gasteiger partial charge in [-0.1, -0.05) is 18.2 Å². The Balaban J connectivity index is 1.41. The Labute approximate surface area is 173 Å². The van der Waals surface area contributed by atoms with E-state index in [1.807, 2.05) is 6.07 Å². The van der Waals surface area contributed by atoms with E-state index in [2.05, 4.69) is 14.6 Å². The number of benzene rings is 1. The van der Waals surface area contributed by atoms with Gasteiger partial charge in [0.05, 0.1) is 13.7 Å². The van der Waals surface area contributed by atoms with Crippen molar-refractivity contribution >= 4 is 22.8 Å². The third kappa shape index (κ3) is 4.13. The molecule has 3 heterocycles. The molecule has 8 heteroatoms. The molecule has 1 fully saturated rings. The third-order valence-corrected chi connectivity index (χ3v) is 5.22. The minimum atomic E-state index is -0.497. The summed E-state index contributed by atoms with van der Waals surface area (Å²) in [4.78, 5) is 32.9. The highest BCUT2D eigenvalue weighted by Crippen LogP contribution is 2.23. The maximum Gasteiger partial charge on any atom is 0.373 e. The maximum absolute atomic E-state index is 13.0. The second-order valence-corrected chi connectivity index (χ2v) is 7.22. The van der Waals surface area contributed by atoms with E-state index >= 15 is 0 Å². The molecule has 0 unspecified atom stereocenters. The first-order valence-electron chi connectivity index (χ1n) is 9.82. The lowest BCUT2D eigenvalue weighted by Gasteiger charge is -2.21. The topological polar surface area (TPSA) is 96.1 Å². The van der Waals surface area contributed by atoms with Crippen LogP contribution in [0.25, 0.3) is 10.9 Å². The number of hydrogen-bond acceptors (Lipinski definition) is 7. The van der Waals surface area contributed by atoms with Crippen LogP contribution in [0.2, 0.25) is 0 Å². The zero-order chi connectivity index (χ0) is 21.1. The second kappa shape index (κ2) is 8.54. The van der Waals surface area contributed by atoms with E-state index < -0.39 is 5.97 Å². The van der Waals surface area contributed by atoms with Gasteiger partial charge >= 0.3 is 5.97 Å². The summed E-state index contributed by atoms with van der Waals surface area (Å²) in [6.45, 7) is 3.23. The van der Waals surface area contributed by atoms with Gasteiger partial charge in [0.2, 0.25) is 5.76 Å². The molecule has 1 aromatic carbocycles. The first-order valence-corrected chi connectivity index (χ1v) is 9.82. The lowest BCUT2D eigenvalue weighted by molar-refractivity contribution is 0.0560. The van der Waals surface area contributed by atoms with E-state index in [9.17, 15) is 14.7 Å². The van der Waals surface area contributed by atoms with Crippen LogP contribution in [0.3, 0.4) is 0 Å². The molecule has 2 aromatic heterocycles. The second-order valence-electron chi connectivity index (χ2n) is 7.22. The van der Waals surface area contributed by atoms with E-state index in [-0.39, 0.29) is 17.4 Å². The van der Waals surface area contributed by atoms with Crippen molar-refractivity contribution in [3.05, 3.63) is 59.7 Å². The normalized spacial score (nSPS) is 15.2. The molecule has 0 spiro atoms. The van der Waals surface area contributed by atoms with Crippen molar-refractivity contribution in [2.45, 2.75) is 13.0 Å². The molecule has 1 saturated heterocycles. The van der Waals surface area contributed by atoms with Gasteiger partial charge in [-0.2, -0.15) is 0 Å². The van der Waals surface area contributed by atoms with Gasteiger partial charge in [0.15, 0.2) is 0 Å². The zero-order valence-electron chi connectivity index (χ0n) is 16.7. The number of ether oxygens (including phenoxy) is 1. The highest BCUT2D eigenvalue weighted by atomic mass is 16.5. The summed E-state index contributed by atoms with van der Waals surface area (Å²) < 4.78 is 10.2. The molecule has 1 N–H and O–H groups in total. The van der Waals surface area contributed by atoms with Gasteiger partial charge in [-0.25, -0.2) is 9.78 Å². The summed E-state index contributed by atoms with van der Waals surface area (Å²) in [5.74, 6) is 0.288. The van der Waals surface area contributed by atoms with Crippen molar-refractivity contribution in [2.75, 3.05) is 33.3 Å². The van der Waals surface area contributed by atoms with Crippen LogP contribution in [0.5, 0.6) is 5.75 Å². The molecule has 3 aromatic rings. The minimum absolute atomic E-state index is 0.0639. The average Bonchev–Trinajstić information content (AvgIpc) is 3.10. The number of furan rings is 1. The fourth-order valence-corrected chi connectivity index (χ4v) is 3.64. The van der Waals surface area contributed by atoms with Crippen LogP contribution < -0.4 is 0 Å². The molecule has 0 bridgehead atoms. The number of carbonyl (C=O) groups is 2. The number of rotatable bonds is 4. The Hall–Kier alpha value is -3.39. The molecular formula is C22H23N3O5. The fraction of sp³-hybridized carbons (Fsp3) is 0.318. The molecule has 1 amide bonds. The van der Waals surface area contributed by atoms with Crippen molar-refractivity contribution in [3.63, 3.8) is 0 Å². The first-order chi connectivity index (χ1) is 14.5. The highest BCUT2D eigenvalue weighted by Gasteiger charge is 2.22. The number of aromatic hydroxyl groups is 1. The summed E-state index contributed by atoms with van der Waals surface area (Å²) >= 11 is 0. The molecule has 0 radical (unpaired) electrons. The Morgan fingerprint density at radius 1 is 1.10 bits per heavy atom. The van der Waals surface area contributed by atoms with Crippen LogP contribution >= 0.6 is 0 Å². The number of esters is 1. The number of methoxy groups -OCH3 is 1. The van der Waals surface area contributed by atoms with E-state index in [0.29, 0.717) is 43.1 Å². The van der Waals surface area contributed by atoms with Crippen molar-refractivity contribution in [3.8, 4) is 5.75 Å². The number of hydrogen-bond donors (Lipinski definition) is 1. The van der Waals surface area contributed by atoms with E-state index in [4.69, 9.17) is 4.42 Å². The third-order valence-electron chi connectivity index (χ3n) is 5.22. The number of nitrogens with zero attached hydrogens (tertiary/aromatic N) is 3. The molecule has 1 aliphatic heterocycles. The van der Waals surface area contributed by atoms with E-state index in [1.165, 1.54) is 7.11 Å². The van der Waals surface area contributed by atoms with Crippen LogP contribution in [0.4, 0.5) is 0 Å². The van der Waals surface area contributed by atoms with Crippen LogP contribution in [0.15, 0.2) is 46.9 Å². The number of aromatic nitrogens is 1. The van der Waals surface area contributed by atoms with Crippen molar-refractivity contribution in [1.82, 2.24) is 14.8 Å². The van der Waals surface area contributed by atoms with Crippen LogP contribution in [-0.4, -0.2) is 65.1 Å². The van der Waals surface area contributed by atoms with Crippen LogP contribution in [0, 0.1) is 0 Å². The largest absolute Gasteiger partial charge is 0.506 e. The molecule has 156 valence electrons. The first kappa shape index (κ1) is 19.9. The molecule has 0 aliphatic carbocycles. The van der Waals surface area contributed by atoms with Gasteiger partial charge in [-0.05, 0) is 30.7 Å². The molecular weight excluding hydrogens is 386 g/mol. The Morgan fingerprint density at radius 3 is 2.80 bits per heavy atom. The number of phenols is 1. The summed E-state index contributed by atoms with van der Waals surface area (Å²) in [5.41, 5.74) is 0.755. The zero-order valence-corrected chi connectivity index (χ0v) is 16.7. The summed E-state index contributed by atoms with van der Waals surface area (Å²) in [5, 5.41) is 10.8. The summed E-state index contributed by atoms with van der Waals surface area (Å²) in [6, 6.07) is 12.0. The predicted molar refractivity (Wildman–Crippen MR) is 109 cm³/mol. The quantitative estimate of drug-likeness (QED) is 0.662. The lowest BCUT2D eigenvalue weighted by atomic mass is 10.2. The van der Waals surface area contributed by atoms with Crippen LogP contribution in [0.1, 0.15) is 33.2 Å². The SMILES string of the molecule is COC(=O)c1ccc(CN2CCCN(C(=O)c3ccc4cccc(O)c4n3)CC2)o1. The maximum atomic E-state index is 13.0. The lowest BCUT2D eigenvalue weighted by Crippen LogP contribution is -2.35. The number of amides is 1. The number of para-hydroxylation sites is 1. The highest BCUT2D eigenvalue weighted by molar-refractivity contribution is 5.96. The summed E-state index contributed by atoms with van der Waals surface area (Å²) in [7, 11) is 1.32. The Morgan fingerprint density at radius 2 is 1.97 bits per heavy atom. The molecule has 0 saturated carbocycles.